The second-order valence-electron chi connectivity index (χ2n) is 7.04. The molecule has 0 saturated carbocycles. The maximum Gasteiger partial charge on any atom is 0.145 e. The molecule has 0 amide bonds. The van der Waals surface area contributed by atoms with Crippen LogP contribution < -0.4 is 10.1 Å². The minimum Gasteiger partial charge on any atom is -0.508 e. The Morgan fingerprint density at radius 2 is 1.81 bits per heavy atom. The minimum atomic E-state index is -0.109. The summed E-state index contributed by atoms with van der Waals surface area (Å²) < 4.78 is 6.14. The van der Waals surface area contributed by atoms with Crippen LogP contribution in [0.3, 0.4) is 0 Å². The Bertz CT molecular complexity index is 887. The molecule has 2 aromatic carbocycles. The molecule has 26 heavy (non-hydrogen) atoms. The molecule has 0 spiro atoms. The molecule has 0 atom stereocenters. The molecule has 0 unspecified atom stereocenters. The van der Waals surface area contributed by atoms with Gasteiger partial charge in [-0.15, -0.1) is 0 Å². The number of benzene rings is 2. The van der Waals surface area contributed by atoms with Gasteiger partial charge in [0.1, 0.15) is 30.3 Å². The number of anilines is 2. The van der Waals surface area contributed by atoms with Gasteiger partial charge in [0.25, 0.3) is 0 Å². The number of aromatic hydroxyl groups is 1. The van der Waals surface area contributed by atoms with E-state index in [1.54, 1.807) is 24.3 Å². The van der Waals surface area contributed by atoms with Crippen molar-refractivity contribution in [3.63, 3.8) is 0 Å². The van der Waals surface area contributed by atoms with Gasteiger partial charge in [-0.3, -0.25) is 0 Å². The number of phenolic OH excluding ortho intramolecular Hbond substituents is 1. The van der Waals surface area contributed by atoms with Gasteiger partial charge in [0.05, 0.1) is 10.9 Å². The highest BCUT2D eigenvalue weighted by Crippen LogP contribution is 2.32. The van der Waals surface area contributed by atoms with Gasteiger partial charge in [-0.25, -0.2) is 9.97 Å². The predicted octanol–water partition coefficient (Wildman–Crippen LogP) is 3.80. The SMILES string of the molecule is CN(C)C(C)(C)COc1cccc2ncnc(Nc3ccc(O)cc3)c12. The zero-order chi connectivity index (χ0) is 18.7. The summed E-state index contributed by atoms with van der Waals surface area (Å²) in [5, 5.41) is 13.6. The van der Waals surface area contributed by atoms with Gasteiger partial charge in [0.15, 0.2) is 0 Å². The van der Waals surface area contributed by atoms with Crippen molar-refractivity contribution >= 4 is 22.4 Å². The van der Waals surface area contributed by atoms with E-state index in [1.165, 1.54) is 6.33 Å². The Labute approximate surface area is 153 Å². The molecule has 1 aromatic heterocycles. The maximum atomic E-state index is 9.45. The van der Waals surface area contributed by atoms with Crippen molar-refractivity contribution in [3.05, 3.63) is 48.8 Å². The lowest BCUT2D eigenvalue weighted by atomic mass is 10.1. The van der Waals surface area contributed by atoms with Crippen LogP contribution in [-0.4, -0.2) is 46.2 Å². The van der Waals surface area contributed by atoms with Crippen molar-refractivity contribution in [2.24, 2.45) is 0 Å². The number of ether oxygens (including phenoxy) is 1. The van der Waals surface area contributed by atoms with Crippen molar-refractivity contribution in [2.45, 2.75) is 19.4 Å². The Balaban J connectivity index is 1.95. The van der Waals surface area contributed by atoms with Crippen LogP contribution in [0, 0.1) is 0 Å². The van der Waals surface area contributed by atoms with E-state index in [0.29, 0.717) is 12.4 Å². The maximum absolute atomic E-state index is 9.45. The van der Waals surface area contributed by atoms with Crippen LogP contribution in [-0.2, 0) is 0 Å². The number of fused-ring (bicyclic) bond motifs is 1. The van der Waals surface area contributed by atoms with Crippen LogP contribution in [0.1, 0.15) is 13.8 Å². The number of hydrogen-bond donors (Lipinski definition) is 2. The van der Waals surface area contributed by atoms with Gasteiger partial charge in [0.2, 0.25) is 0 Å². The van der Waals surface area contributed by atoms with E-state index >= 15 is 0 Å². The highest BCUT2D eigenvalue weighted by Gasteiger charge is 2.22. The lowest BCUT2D eigenvalue weighted by molar-refractivity contribution is 0.115. The highest BCUT2D eigenvalue weighted by atomic mass is 16.5. The van der Waals surface area contributed by atoms with E-state index in [4.69, 9.17) is 4.74 Å². The van der Waals surface area contributed by atoms with E-state index in [0.717, 1.165) is 22.3 Å². The van der Waals surface area contributed by atoms with Gasteiger partial charge < -0.3 is 20.1 Å². The summed E-state index contributed by atoms with van der Waals surface area (Å²) in [6, 6.07) is 12.6. The smallest absolute Gasteiger partial charge is 0.145 e. The number of rotatable bonds is 6. The van der Waals surface area contributed by atoms with Crippen molar-refractivity contribution in [3.8, 4) is 11.5 Å². The molecule has 136 valence electrons. The average molecular weight is 352 g/mol. The summed E-state index contributed by atoms with van der Waals surface area (Å²) in [5.74, 6) is 1.62. The fourth-order valence-corrected chi connectivity index (χ4v) is 2.36. The van der Waals surface area contributed by atoms with E-state index in [-0.39, 0.29) is 11.3 Å². The summed E-state index contributed by atoms with van der Waals surface area (Å²) >= 11 is 0. The molecule has 0 aliphatic rings. The molecule has 1 heterocycles. The molecule has 0 saturated heterocycles. The molecule has 0 aliphatic heterocycles. The Morgan fingerprint density at radius 3 is 2.50 bits per heavy atom. The number of likely N-dealkylation sites (N-methyl/N-ethyl adjacent to an activating group) is 1. The summed E-state index contributed by atoms with van der Waals surface area (Å²) in [7, 11) is 4.07. The first-order chi connectivity index (χ1) is 12.4. The quantitative estimate of drug-likeness (QED) is 0.658. The largest absolute Gasteiger partial charge is 0.508 e. The van der Waals surface area contributed by atoms with Crippen LogP contribution in [0.15, 0.2) is 48.8 Å². The van der Waals surface area contributed by atoms with Crippen LogP contribution in [0.2, 0.25) is 0 Å². The van der Waals surface area contributed by atoms with Gasteiger partial charge in [-0.1, -0.05) is 6.07 Å². The fraction of sp³-hybridized carbons (Fsp3) is 0.300. The van der Waals surface area contributed by atoms with Crippen LogP contribution >= 0.6 is 0 Å². The summed E-state index contributed by atoms with van der Waals surface area (Å²) in [5.41, 5.74) is 1.52. The first kappa shape index (κ1) is 17.9. The lowest BCUT2D eigenvalue weighted by Gasteiger charge is -2.32. The van der Waals surface area contributed by atoms with E-state index in [9.17, 15) is 5.11 Å². The lowest BCUT2D eigenvalue weighted by Crippen LogP contribution is -2.43. The van der Waals surface area contributed by atoms with Crippen LogP contribution in [0.4, 0.5) is 11.5 Å². The second kappa shape index (κ2) is 7.17. The van der Waals surface area contributed by atoms with Crippen LogP contribution in [0.25, 0.3) is 10.9 Å². The second-order valence-corrected chi connectivity index (χ2v) is 7.04. The molecule has 3 rings (SSSR count). The normalized spacial score (nSPS) is 11.7. The molecule has 6 heteroatoms. The van der Waals surface area contributed by atoms with Gasteiger partial charge in [-0.05, 0) is 64.3 Å². The summed E-state index contributed by atoms with van der Waals surface area (Å²) in [4.78, 5) is 10.9. The third-order valence-electron chi connectivity index (χ3n) is 4.55. The monoisotopic (exact) mass is 352 g/mol. The van der Waals surface area contributed by atoms with Crippen molar-refractivity contribution in [2.75, 3.05) is 26.0 Å². The molecule has 0 fully saturated rings. The molecular formula is C20H24N4O2. The molecule has 0 bridgehead atoms. The minimum absolute atomic E-state index is 0.109. The topological polar surface area (TPSA) is 70.5 Å². The first-order valence-electron chi connectivity index (χ1n) is 8.47. The standard InChI is InChI=1S/C20H24N4O2/c1-20(2,24(3)4)12-26-17-7-5-6-16-18(17)19(22-13-21-16)23-14-8-10-15(25)11-9-14/h5-11,13,25H,12H2,1-4H3,(H,21,22,23). The molecule has 3 aromatic rings. The third-order valence-corrected chi connectivity index (χ3v) is 4.55. The molecule has 6 nitrogen and oxygen atoms in total. The third kappa shape index (κ3) is 3.86. The van der Waals surface area contributed by atoms with Crippen LogP contribution in [0.5, 0.6) is 11.5 Å². The summed E-state index contributed by atoms with van der Waals surface area (Å²) in [6.07, 6.45) is 1.53. The van der Waals surface area contributed by atoms with Crippen molar-refractivity contribution in [1.29, 1.82) is 0 Å². The number of phenols is 1. The molecule has 2 N–H and O–H groups in total. The van der Waals surface area contributed by atoms with Crippen molar-refractivity contribution in [1.82, 2.24) is 14.9 Å². The number of aromatic nitrogens is 2. The van der Waals surface area contributed by atoms with E-state index in [2.05, 4.69) is 34.0 Å². The summed E-state index contributed by atoms with van der Waals surface area (Å²) in [6.45, 7) is 4.79. The van der Waals surface area contributed by atoms with Crippen molar-refractivity contribution < 1.29 is 9.84 Å². The van der Waals surface area contributed by atoms with Gasteiger partial charge in [-0.2, -0.15) is 0 Å². The first-order valence-corrected chi connectivity index (χ1v) is 8.47. The van der Waals surface area contributed by atoms with E-state index in [1.807, 2.05) is 32.3 Å². The predicted molar refractivity (Wildman–Crippen MR) is 104 cm³/mol. The zero-order valence-electron chi connectivity index (χ0n) is 15.5. The number of nitrogens with one attached hydrogen (secondary N) is 1. The number of hydrogen-bond acceptors (Lipinski definition) is 6. The Morgan fingerprint density at radius 1 is 1.08 bits per heavy atom. The van der Waals surface area contributed by atoms with Gasteiger partial charge in [0, 0.05) is 11.2 Å². The Hall–Kier alpha value is -2.86. The number of nitrogens with zero attached hydrogens (tertiary/aromatic N) is 3. The molecule has 0 aliphatic carbocycles. The molecule has 0 radical (unpaired) electrons. The molecular weight excluding hydrogens is 328 g/mol. The highest BCUT2D eigenvalue weighted by molar-refractivity contribution is 5.95. The zero-order valence-corrected chi connectivity index (χ0v) is 15.5. The van der Waals surface area contributed by atoms with E-state index < -0.39 is 0 Å². The van der Waals surface area contributed by atoms with Gasteiger partial charge >= 0.3 is 0 Å². The average Bonchev–Trinajstić information content (AvgIpc) is 2.62. The fourth-order valence-electron chi connectivity index (χ4n) is 2.36. The Kier molecular flexibility index (Phi) is 4.95.